The number of esters is 1. The molecule has 8 heteroatoms. The predicted molar refractivity (Wildman–Crippen MR) is 119 cm³/mol. The first-order chi connectivity index (χ1) is 15.0. The summed E-state index contributed by atoms with van der Waals surface area (Å²) < 4.78 is 4.97. The van der Waals surface area contributed by atoms with Crippen molar-refractivity contribution in [3.63, 3.8) is 0 Å². The number of rotatable bonds is 5. The van der Waals surface area contributed by atoms with Gasteiger partial charge in [-0.1, -0.05) is 17.7 Å². The SMILES string of the molecule is CCOC(=O)c1ccc(N2C(=O)C[C@H](N3CCN(c4cccc(Cl)c4)CC3)C2=O)cc1. The number of hydrogen-bond acceptors (Lipinski definition) is 6. The van der Waals surface area contributed by atoms with Crippen LogP contribution in [0.3, 0.4) is 0 Å². The zero-order chi connectivity index (χ0) is 22.0. The molecule has 0 bridgehead atoms. The Morgan fingerprint density at radius 3 is 2.39 bits per heavy atom. The molecule has 0 unspecified atom stereocenters. The maximum absolute atomic E-state index is 13.1. The van der Waals surface area contributed by atoms with Crippen molar-refractivity contribution in [2.75, 3.05) is 42.6 Å². The van der Waals surface area contributed by atoms with Crippen molar-refractivity contribution in [1.82, 2.24) is 4.90 Å². The van der Waals surface area contributed by atoms with Crippen LogP contribution in [0.4, 0.5) is 11.4 Å². The van der Waals surface area contributed by atoms with Crippen molar-refractivity contribution in [3.05, 3.63) is 59.1 Å². The smallest absolute Gasteiger partial charge is 0.338 e. The van der Waals surface area contributed by atoms with Crippen molar-refractivity contribution in [1.29, 1.82) is 0 Å². The van der Waals surface area contributed by atoms with Gasteiger partial charge in [0.2, 0.25) is 5.91 Å². The van der Waals surface area contributed by atoms with E-state index in [1.807, 2.05) is 24.3 Å². The first-order valence-corrected chi connectivity index (χ1v) is 10.7. The summed E-state index contributed by atoms with van der Waals surface area (Å²) in [5.74, 6) is -0.871. The van der Waals surface area contributed by atoms with Gasteiger partial charge in [-0.3, -0.25) is 14.5 Å². The van der Waals surface area contributed by atoms with Crippen LogP contribution in [0.15, 0.2) is 48.5 Å². The normalized spacial score (nSPS) is 19.7. The van der Waals surface area contributed by atoms with Crippen LogP contribution < -0.4 is 9.80 Å². The molecule has 0 spiro atoms. The van der Waals surface area contributed by atoms with Crippen LogP contribution in [0.1, 0.15) is 23.7 Å². The summed E-state index contributed by atoms with van der Waals surface area (Å²) in [5.41, 5.74) is 1.92. The third-order valence-corrected chi connectivity index (χ3v) is 5.92. The lowest BCUT2D eigenvalue weighted by Crippen LogP contribution is -2.52. The van der Waals surface area contributed by atoms with Crippen molar-refractivity contribution in [2.24, 2.45) is 0 Å². The van der Waals surface area contributed by atoms with E-state index in [4.69, 9.17) is 16.3 Å². The van der Waals surface area contributed by atoms with Gasteiger partial charge in [-0.15, -0.1) is 0 Å². The molecule has 1 atom stereocenters. The van der Waals surface area contributed by atoms with Gasteiger partial charge in [0.15, 0.2) is 0 Å². The first-order valence-electron chi connectivity index (χ1n) is 10.4. The largest absolute Gasteiger partial charge is 0.462 e. The van der Waals surface area contributed by atoms with Gasteiger partial charge in [-0.05, 0) is 49.4 Å². The van der Waals surface area contributed by atoms with Crippen LogP contribution in [0.5, 0.6) is 0 Å². The summed E-state index contributed by atoms with van der Waals surface area (Å²) in [5, 5.41) is 0.695. The van der Waals surface area contributed by atoms with Crippen molar-refractivity contribution in [3.8, 4) is 0 Å². The number of nitrogens with zero attached hydrogens (tertiary/aromatic N) is 3. The highest BCUT2D eigenvalue weighted by Gasteiger charge is 2.43. The van der Waals surface area contributed by atoms with E-state index in [2.05, 4.69) is 9.80 Å². The molecule has 2 heterocycles. The van der Waals surface area contributed by atoms with Crippen LogP contribution in [0, 0.1) is 0 Å². The van der Waals surface area contributed by atoms with Gasteiger partial charge >= 0.3 is 5.97 Å². The lowest BCUT2D eigenvalue weighted by Gasteiger charge is -2.38. The quantitative estimate of drug-likeness (QED) is 0.525. The molecule has 2 aliphatic rings. The minimum Gasteiger partial charge on any atom is -0.462 e. The summed E-state index contributed by atoms with van der Waals surface area (Å²) in [6.45, 7) is 4.91. The molecule has 2 aromatic carbocycles. The maximum atomic E-state index is 13.1. The van der Waals surface area contributed by atoms with E-state index in [1.54, 1.807) is 31.2 Å². The van der Waals surface area contributed by atoms with E-state index in [0.717, 1.165) is 18.8 Å². The van der Waals surface area contributed by atoms with E-state index < -0.39 is 12.0 Å². The molecule has 0 radical (unpaired) electrons. The van der Waals surface area contributed by atoms with Gasteiger partial charge in [0.25, 0.3) is 5.91 Å². The van der Waals surface area contributed by atoms with Crippen LogP contribution in [-0.4, -0.2) is 61.5 Å². The first kappa shape index (κ1) is 21.3. The number of halogens is 1. The van der Waals surface area contributed by atoms with Crippen molar-refractivity contribution >= 4 is 40.8 Å². The molecular formula is C23H24ClN3O4. The van der Waals surface area contributed by atoms with E-state index in [1.165, 1.54) is 4.90 Å². The fourth-order valence-electron chi connectivity index (χ4n) is 4.10. The minimum absolute atomic E-state index is 0.162. The molecule has 2 aromatic rings. The average molecular weight is 442 g/mol. The van der Waals surface area contributed by atoms with Crippen LogP contribution >= 0.6 is 11.6 Å². The Kier molecular flexibility index (Phi) is 6.25. The van der Waals surface area contributed by atoms with Gasteiger partial charge in [-0.25, -0.2) is 9.69 Å². The highest BCUT2D eigenvalue weighted by atomic mass is 35.5. The number of anilines is 2. The number of imide groups is 1. The molecule has 2 saturated heterocycles. The number of amides is 2. The molecule has 0 saturated carbocycles. The molecule has 162 valence electrons. The highest BCUT2D eigenvalue weighted by molar-refractivity contribution is 6.30. The molecule has 4 rings (SSSR count). The van der Waals surface area contributed by atoms with Crippen LogP contribution in [0.2, 0.25) is 5.02 Å². The summed E-state index contributed by atoms with van der Waals surface area (Å²) in [6.07, 6.45) is 0.162. The second-order valence-electron chi connectivity index (χ2n) is 7.56. The molecule has 0 aromatic heterocycles. The summed E-state index contributed by atoms with van der Waals surface area (Å²) >= 11 is 6.10. The van der Waals surface area contributed by atoms with Crippen molar-refractivity contribution < 1.29 is 19.1 Å². The molecular weight excluding hydrogens is 418 g/mol. The summed E-state index contributed by atoms with van der Waals surface area (Å²) in [6, 6.07) is 13.6. The molecule has 2 aliphatic heterocycles. The molecule has 0 aliphatic carbocycles. The molecule has 2 amide bonds. The number of ether oxygens (including phenoxy) is 1. The second-order valence-corrected chi connectivity index (χ2v) is 7.99. The Balaban J connectivity index is 1.41. The zero-order valence-corrected chi connectivity index (χ0v) is 18.0. The predicted octanol–water partition coefficient (Wildman–Crippen LogP) is 2.97. The monoisotopic (exact) mass is 441 g/mol. The molecule has 31 heavy (non-hydrogen) atoms. The third kappa shape index (κ3) is 4.43. The molecule has 2 fully saturated rings. The Bertz CT molecular complexity index is 987. The van der Waals surface area contributed by atoms with Gasteiger partial charge in [0.05, 0.1) is 30.3 Å². The van der Waals surface area contributed by atoms with Gasteiger partial charge in [0.1, 0.15) is 0 Å². The topological polar surface area (TPSA) is 70.2 Å². The van der Waals surface area contributed by atoms with Crippen molar-refractivity contribution in [2.45, 2.75) is 19.4 Å². The second kappa shape index (κ2) is 9.08. The zero-order valence-electron chi connectivity index (χ0n) is 17.3. The van der Waals surface area contributed by atoms with Crippen LogP contribution in [0.25, 0.3) is 0 Å². The number of carbonyl (C=O) groups is 3. The fourth-order valence-corrected chi connectivity index (χ4v) is 4.28. The Morgan fingerprint density at radius 2 is 1.74 bits per heavy atom. The number of carbonyl (C=O) groups excluding carboxylic acids is 3. The van der Waals surface area contributed by atoms with E-state index in [9.17, 15) is 14.4 Å². The maximum Gasteiger partial charge on any atom is 0.338 e. The number of piperazine rings is 1. The summed E-state index contributed by atoms with van der Waals surface area (Å²) in [4.78, 5) is 43.1. The lowest BCUT2D eigenvalue weighted by molar-refractivity contribution is -0.123. The van der Waals surface area contributed by atoms with E-state index in [0.29, 0.717) is 29.4 Å². The summed E-state index contributed by atoms with van der Waals surface area (Å²) in [7, 11) is 0. The Morgan fingerprint density at radius 1 is 1.03 bits per heavy atom. The molecule has 0 N–H and O–H groups in total. The van der Waals surface area contributed by atoms with Gasteiger partial charge < -0.3 is 9.64 Å². The van der Waals surface area contributed by atoms with Gasteiger partial charge in [-0.2, -0.15) is 0 Å². The van der Waals surface area contributed by atoms with E-state index >= 15 is 0 Å². The fraction of sp³-hybridized carbons (Fsp3) is 0.348. The Labute approximate surface area is 186 Å². The molecule has 7 nitrogen and oxygen atoms in total. The van der Waals surface area contributed by atoms with E-state index in [-0.39, 0.29) is 24.8 Å². The Hall–Kier alpha value is -2.90. The average Bonchev–Trinajstić information content (AvgIpc) is 3.08. The van der Waals surface area contributed by atoms with Crippen LogP contribution in [-0.2, 0) is 14.3 Å². The minimum atomic E-state index is -0.459. The third-order valence-electron chi connectivity index (χ3n) is 5.69. The number of benzene rings is 2. The lowest BCUT2D eigenvalue weighted by atomic mass is 10.1. The number of hydrogen-bond donors (Lipinski definition) is 0. The highest BCUT2D eigenvalue weighted by Crippen LogP contribution is 2.28. The van der Waals surface area contributed by atoms with Gasteiger partial charge in [0, 0.05) is 36.9 Å². The standard InChI is InChI=1S/C23H24ClN3O4/c1-2-31-23(30)16-6-8-18(9-7-16)27-21(28)15-20(22(27)29)26-12-10-25(11-13-26)19-5-3-4-17(24)14-19/h3-9,14,20H,2,10-13,15H2,1H3/t20-/m0/s1.